The van der Waals surface area contributed by atoms with E-state index in [-0.39, 0.29) is 28.5 Å². The third kappa shape index (κ3) is 3.65. The van der Waals surface area contributed by atoms with Crippen LogP contribution in [0.2, 0.25) is 0 Å². The first kappa shape index (κ1) is 16.3. The van der Waals surface area contributed by atoms with Crippen LogP contribution in [0, 0.1) is 0 Å². The molecule has 0 aliphatic carbocycles. The molecule has 126 valence electrons. The van der Waals surface area contributed by atoms with Crippen molar-refractivity contribution in [2.24, 2.45) is 5.73 Å². The SMILES string of the molecule is NC(=O)c1csc(C(=O)N2CCC(Oc3cccc(O)c3)CC2)n1. The Labute approximate surface area is 142 Å². The third-order valence-corrected chi connectivity index (χ3v) is 4.62. The number of thiazole rings is 1. The van der Waals surface area contributed by atoms with Crippen molar-refractivity contribution in [3.05, 3.63) is 40.3 Å². The zero-order valence-electron chi connectivity index (χ0n) is 12.8. The van der Waals surface area contributed by atoms with Crippen LogP contribution >= 0.6 is 11.3 Å². The quantitative estimate of drug-likeness (QED) is 0.874. The van der Waals surface area contributed by atoms with E-state index in [1.807, 2.05) is 0 Å². The van der Waals surface area contributed by atoms with Crippen LogP contribution in [0.1, 0.15) is 33.1 Å². The maximum atomic E-state index is 12.4. The molecule has 1 aromatic carbocycles. The molecule has 0 spiro atoms. The summed E-state index contributed by atoms with van der Waals surface area (Å²) in [6.45, 7) is 1.10. The standard InChI is InChI=1S/C16H17N3O4S/c17-14(21)13-9-24-15(18-13)16(22)19-6-4-11(5-7-19)23-12-3-1-2-10(20)8-12/h1-3,8-9,11,20H,4-7H2,(H2,17,21). The number of piperidine rings is 1. The smallest absolute Gasteiger partial charge is 0.282 e. The summed E-state index contributed by atoms with van der Waals surface area (Å²) in [4.78, 5) is 29.1. The minimum absolute atomic E-state index is 0.00618. The molecule has 2 amide bonds. The Bertz CT molecular complexity index is 753. The number of nitrogens with two attached hydrogens (primary N) is 1. The molecule has 8 heteroatoms. The topological polar surface area (TPSA) is 106 Å². The molecule has 0 unspecified atom stereocenters. The lowest BCUT2D eigenvalue weighted by molar-refractivity contribution is 0.0595. The van der Waals surface area contributed by atoms with E-state index in [0.29, 0.717) is 31.7 Å². The van der Waals surface area contributed by atoms with E-state index in [0.717, 1.165) is 11.3 Å². The minimum Gasteiger partial charge on any atom is -0.508 e. The Kier molecular flexibility index (Phi) is 4.66. The number of amides is 2. The highest BCUT2D eigenvalue weighted by Gasteiger charge is 2.26. The number of phenolic OH excluding ortho intramolecular Hbond substituents is 1. The number of phenols is 1. The van der Waals surface area contributed by atoms with Crippen LogP contribution in [0.3, 0.4) is 0 Å². The molecule has 24 heavy (non-hydrogen) atoms. The summed E-state index contributed by atoms with van der Waals surface area (Å²) in [7, 11) is 0. The fraction of sp³-hybridized carbons (Fsp3) is 0.312. The normalized spacial score (nSPS) is 15.2. The fourth-order valence-corrected chi connectivity index (χ4v) is 3.32. The van der Waals surface area contributed by atoms with Crippen molar-refractivity contribution in [3.8, 4) is 11.5 Å². The predicted octanol–water partition coefficient (Wildman–Crippen LogP) is 1.63. The number of aromatic hydroxyl groups is 1. The maximum absolute atomic E-state index is 12.4. The van der Waals surface area contributed by atoms with Gasteiger partial charge in [0.15, 0.2) is 5.01 Å². The van der Waals surface area contributed by atoms with Gasteiger partial charge in [0.2, 0.25) is 0 Å². The van der Waals surface area contributed by atoms with Crippen molar-refractivity contribution in [1.82, 2.24) is 9.88 Å². The van der Waals surface area contributed by atoms with Gasteiger partial charge in [0.25, 0.3) is 11.8 Å². The number of benzene rings is 1. The van der Waals surface area contributed by atoms with Crippen LogP contribution in [-0.4, -0.2) is 46.0 Å². The Morgan fingerprint density at radius 3 is 2.71 bits per heavy atom. The van der Waals surface area contributed by atoms with Crippen molar-refractivity contribution in [2.45, 2.75) is 18.9 Å². The van der Waals surface area contributed by atoms with Crippen molar-refractivity contribution in [2.75, 3.05) is 13.1 Å². The molecule has 1 fully saturated rings. The van der Waals surface area contributed by atoms with E-state index in [1.54, 1.807) is 29.2 Å². The Morgan fingerprint density at radius 2 is 2.08 bits per heavy atom. The van der Waals surface area contributed by atoms with Gasteiger partial charge in [-0.15, -0.1) is 11.3 Å². The fourth-order valence-electron chi connectivity index (χ4n) is 2.55. The highest BCUT2D eigenvalue weighted by molar-refractivity contribution is 7.11. The monoisotopic (exact) mass is 347 g/mol. The zero-order valence-corrected chi connectivity index (χ0v) is 13.7. The number of hydrogen-bond acceptors (Lipinski definition) is 6. The van der Waals surface area contributed by atoms with Crippen LogP contribution in [0.25, 0.3) is 0 Å². The van der Waals surface area contributed by atoms with Crippen LogP contribution in [0.5, 0.6) is 11.5 Å². The number of likely N-dealkylation sites (tertiary alicyclic amines) is 1. The lowest BCUT2D eigenvalue weighted by Gasteiger charge is -2.31. The molecule has 0 bridgehead atoms. The second-order valence-corrected chi connectivity index (χ2v) is 6.37. The summed E-state index contributed by atoms with van der Waals surface area (Å²) >= 11 is 1.12. The van der Waals surface area contributed by atoms with Gasteiger partial charge in [0.05, 0.1) is 0 Å². The second-order valence-electron chi connectivity index (χ2n) is 5.51. The van der Waals surface area contributed by atoms with Gasteiger partial charge in [-0.3, -0.25) is 9.59 Å². The summed E-state index contributed by atoms with van der Waals surface area (Å²) < 4.78 is 5.83. The Morgan fingerprint density at radius 1 is 1.33 bits per heavy atom. The number of carbonyl (C=O) groups excluding carboxylic acids is 2. The summed E-state index contributed by atoms with van der Waals surface area (Å²) in [5.74, 6) is -0.0493. The number of ether oxygens (including phenoxy) is 1. The lowest BCUT2D eigenvalue weighted by atomic mass is 10.1. The Balaban J connectivity index is 1.56. The molecule has 3 N–H and O–H groups in total. The number of rotatable bonds is 4. The number of nitrogens with zero attached hydrogens (tertiary/aromatic N) is 2. The summed E-state index contributed by atoms with van der Waals surface area (Å²) in [6, 6.07) is 6.67. The van der Waals surface area contributed by atoms with Crippen LogP contribution in [-0.2, 0) is 0 Å². The molecule has 0 radical (unpaired) electrons. The molecule has 7 nitrogen and oxygen atoms in total. The number of carbonyl (C=O) groups is 2. The summed E-state index contributed by atoms with van der Waals surface area (Å²) in [5.41, 5.74) is 5.27. The molecule has 1 saturated heterocycles. The van der Waals surface area contributed by atoms with Crippen LogP contribution < -0.4 is 10.5 Å². The summed E-state index contributed by atoms with van der Waals surface area (Å²) in [6.07, 6.45) is 1.37. The van der Waals surface area contributed by atoms with E-state index < -0.39 is 5.91 Å². The highest BCUT2D eigenvalue weighted by Crippen LogP contribution is 2.23. The van der Waals surface area contributed by atoms with E-state index in [9.17, 15) is 14.7 Å². The van der Waals surface area contributed by atoms with Gasteiger partial charge in [0.1, 0.15) is 23.3 Å². The average molecular weight is 347 g/mol. The molecular formula is C16H17N3O4S. The lowest BCUT2D eigenvalue weighted by Crippen LogP contribution is -2.41. The number of aromatic nitrogens is 1. The van der Waals surface area contributed by atoms with E-state index in [1.165, 1.54) is 5.38 Å². The third-order valence-electron chi connectivity index (χ3n) is 3.79. The van der Waals surface area contributed by atoms with Crippen molar-refractivity contribution in [1.29, 1.82) is 0 Å². The van der Waals surface area contributed by atoms with E-state index in [2.05, 4.69) is 4.98 Å². The average Bonchev–Trinajstić information content (AvgIpc) is 3.05. The van der Waals surface area contributed by atoms with Crippen molar-refractivity contribution < 1.29 is 19.4 Å². The van der Waals surface area contributed by atoms with E-state index in [4.69, 9.17) is 10.5 Å². The van der Waals surface area contributed by atoms with Gasteiger partial charge < -0.3 is 20.5 Å². The van der Waals surface area contributed by atoms with Crippen molar-refractivity contribution >= 4 is 23.2 Å². The van der Waals surface area contributed by atoms with Gasteiger partial charge in [-0.2, -0.15) is 0 Å². The largest absolute Gasteiger partial charge is 0.508 e. The Hall–Kier alpha value is -2.61. The maximum Gasteiger partial charge on any atom is 0.282 e. The highest BCUT2D eigenvalue weighted by atomic mass is 32.1. The van der Waals surface area contributed by atoms with Gasteiger partial charge >= 0.3 is 0 Å². The molecule has 1 aromatic heterocycles. The first-order valence-corrected chi connectivity index (χ1v) is 8.41. The van der Waals surface area contributed by atoms with Gasteiger partial charge in [-0.25, -0.2) is 4.98 Å². The summed E-state index contributed by atoms with van der Waals surface area (Å²) in [5, 5.41) is 11.2. The van der Waals surface area contributed by atoms with Crippen LogP contribution in [0.4, 0.5) is 0 Å². The van der Waals surface area contributed by atoms with Crippen molar-refractivity contribution in [3.63, 3.8) is 0 Å². The van der Waals surface area contributed by atoms with E-state index >= 15 is 0 Å². The zero-order chi connectivity index (χ0) is 17.1. The molecule has 0 atom stereocenters. The first-order chi connectivity index (χ1) is 11.5. The molecule has 1 aliphatic rings. The molecule has 2 heterocycles. The van der Waals surface area contributed by atoms with Gasteiger partial charge in [0, 0.05) is 37.4 Å². The number of primary amides is 1. The second kappa shape index (κ2) is 6.88. The van der Waals surface area contributed by atoms with Gasteiger partial charge in [-0.1, -0.05) is 6.07 Å². The molecule has 2 aromatic rings. The molecular weight excluding hydrogens is 330 g/mol. The van der Waals surface area contributed by atoms with Crippen LogP contribution in [0.15, 0.2) is 29.6 Å². The van der Waals surface area contributed by atoms with Gasteiger partial charge in [-0.05, 0) is 12.1 Å². The first-order valence-electron chi connectivity index (χ1n) is 7.53. The molecule has 3 rings (SSSR count). The number of hydrogen-bond donors (Lipinski definition) is 2. The molecule has 0 saturated carbocycles. The molecule has 1 aliphatic heterocycles. The minimum atomic E-state index is -0.636. The predicted molar refractivity (Wildman–Crippen MR) is 88.3 cm³/mol.